The van der Waals surface area contributed by atoms with Gasteiger partial charge in [-0.3, -0.25) is 9.59 Å². The fourth-order valence-corrected chi connectivity index (χ4v) is 3.47. The number of aromatic amines is 1. The van der Waals surface area contributed by atoms with Crippen molar-refractivity contribution in [3.8, 4) is 0 Å². The Balaban J connectivity index is 1.76. The number of rotatable bonds is 4. The van der Waals surface area contributed by atoms with Crippen molar-refractivity contribution in [1.82, 2.24) is 20.2 Å². The number of nitrogens with zero attached hydrogens (tertiary/aromatic N) is 2. The predicted octanol–water partition coefficient (Wildman–Crippen LogP) is 3.02. The van der Waals surface area contributed by atoms with Crippen LogP contribution in [0, 0.1) is 11.8 Å². The lowest BCUT2D eigenvalue weighted by atomic mass is 10.0. The third-order valence-corrected chi connectivity index (χ3v) is 4.97. The van der Waals surface area contributed by atoms with Gasteiger partial charge in [0.25, 0.3) is 0 Å². The van der Waals surface area contributed by atoms with E-state index in [0.717, 1.165) is 16.9 Å². The van der Waals surface area contributed by atoms with E-state index in [0.29, 0.717) is 6.54 Å². The molecule has 0 radical (unpaired) electrons. The number of amides is 2. The Hall–Kier alpha value is -2.37. The average molecular weight is 356 g/mol. The minimum atomic E-state index is -0.313. The van der Waals surface area contributed by atoms with E-state index in [1.54, 1.807) is 4.90 Å². The summed E-state index contributed by atoms with van der Waals surface area (Å²) in [5.74, 6) is 0.584. The van der Waals surface area contributed by atoms with Crippen LogP contribution >= 0.6 is 0 Å². The Bertz CT molecular complexity index is 786. The Morgan fingerprint density at radius 3 is 2.58 bits per heavy atom. The molecule has 1 fully saturated rings. The smallest absolute Gasteiger partial charge is 0.226 e. The standard InChI is InChI=1S/C20H28N4O2/c1-12(2)17(18-21-14-8-6-7-9-15(14)22-18)23-19(26)13-10-16(25)24(11-13)20(3,4)5/h6-9,12-13,17H,10-11H2,1-5H3,(H,21,22)(H,23,26)/t13?,17-/m0/s1. The molecule has 2 heterocycles. The van der Waals surface area contributed by atoms with Gasteiger partial charge in [0, 0.05) is 18.5 Å². The number of carbonyl (C=O) groups excluding carboxylic acids is 2. The number of hydrogen-bond donors (Lipinski definition) is 2. The molecule has 0 saturated carbocycles. The molecule has 0 aliphatic carbocycles. The molecule has 2 amide bonds. The maximum Gasteiger partial charge on any atom is 0.226 e. The van der Waals surface area contributed by atoms with Crippen molar-refractivity contribution < 1.29 is 9.59 Å². The van der Waals surface area contributed by atoms with E-state index in [9.17, 15) is 9.59 Å². The van der Waals surface area contributed by atoms with E-state index in [1.807, 2.05) is 45.0 Å². The zero-order valence-corrected chi connectivity index (χ0v) is 16.2. The molecule has 1 aliphatic rings. The minimum Gasteiger partial charge on any atom is -0.346 e. The highest BCUT2D eigenvalue weighted by Gasteiger charge is 2.40. The van der Waals surface area contributed by atoms with Gasteiger partial charge < -0.3 is 15.2 Å². The third kappa shape index (κ3) is 3.59. The molecule has 1 aliphatic heterocycles. The Morgan fingerprint density at radius 1 is 1.31 bits per heavy atom. The highest BCUT2D eigenvalue weighted by atomic mass is 16.2. The number of nitrogens with one attached hydrogen (secondary N) is 2. The first-order valence-corrected chi connectivity index (χ1v) is 9.22. The normalized spacial score (nSPS) is 19.4. The van der Waals surface area contributed by atoms with Gasteiger partial charge in [-0.25, -0.2) is 4.98 Å². The summed E-state index contributed by atoms with van der Waals surface area (Å²) >= 11 is 0. The highest BCUT2D eigenvalue weighted by molar-refractivity contribution is 5.89. The summed E-state index contributed by atoms with van der Waals surface area (Å²) in [7, 11) is 0. The summed E-state index contributed by atoms with van der Waals surface area (Å²) in [6.45, 7) is 10.6. The number of fused-ring (bicyclic) bond motifs is 1. The summed E-state index contributed by atoms with van der Waals surface area (Å²) in [6.07, 6.45) is 0.272. The first-order chi connectivity index (χ1) is 12.2. The molecular weight excluding hydrogens is 328 g/mol. The Kier molecular flexibility index (Phi) is 4.78. The monoisotopic (exact) mass is 356 g/mol. The first kappa shape index (κ1) is 18.4. The molecule has 0 spiro atoms. The molecule has 6 nitrogen and oxygen atoms in total. The van der Waals surface area contributed by atoms with Crippen molar-refractivity contribution in [3.05, 3.63) is 30.1 Å². The second-order valence-electron chi connectivity index (χ2n) is 8.45. The molecule has 140 valence electrons. The molecule has 2 aromatic rings. The van der Waals surface area contributed by atoms with Gasteiger partial charge in [0.15, 0.2) is 0 Å². The largest absolute Gasteiger partial charge is 0.346 e. The van der Waals surface area contributed by atoms with Gasteiger partial charge in [0.1, 0.15) is 5.82 Å². The van der Waals surface area contributed by atoms with Gasteiger partial charge in [0.05, 0.1) is 23.0 Å². The average Bonchev–Trinajstić information content (AvgIpc) is 3.14. The highest BCUT2D eigenvalue weighted by Crippen LogP contribution is 2.28. The van der Waals surface area contributed by atoms with Crippen LogP contribution < -0.4 is 5.32 Å². The number of aromatic nitrogens is 2. The molecule has 1 saturated heterocycles. The van der Waals surface area contributed by atoms with Gasteiger partial charge in [-0.1, -0.05) is 26.0 Å². The fourth-order valence-electron chi connectivity index (χ4n) is 3.47. The molecule has 26 heavy (non-hydrogen) atoms. The van der Waals surface area contributed by atoms with Gasteiger partial charge in [-0.05, 0) is 38.8 Å². The third-order valence-electron chi connectivity index (χ3n) is 4.97. The van der Waals surface area contributed by atoms with Crippen molar-refractivity contribution in [2.45, 2.75) is 52.6 Å². The molecule has 0 bridgehead atoms. The number of benzene rings is 1. The Labute approximate surface area is 154 Å². The second kappa shape index (κ2) is 6.74. The number of para-hydroxylation sites is 2. The van der Waals surface area contributed by atoms with Crippen molar-refractivity contribution in [1.29, 1.82) is 0 Å². The van der Waals surface area contributed by atoms with Crippen LogP contribution in [-0.4, -0.2) is 38.8 Å². The van der Waals surface area contributed by atoms with Crippen LogP contribution in [0.1, 0.15) is 52.9 Å². The number of H-pyrrole nitrogens is 1. The first-order valence-electron chi connectivity index (χ1n) is 9.22. The van der Waals surface area contributed by atoms with E-state index in [2.05, 4.69) is 29.1 Å². The fraction of sp³-hybridized carbons (Fsp3) is 0.550. The van der Waals surface area contributed by atoms with E-state index < -0.39 is 0 Å². The quantitative estimate of drug-likeness (QED) is 0.884. The Morgan fingerprint density at radius 2 is 2.00 bits per heavy atom. The molecule has 1 aromatic heterocycles. The van der Waals surface area contributed by atoms with Crippen LogP contribution in [0.3, 0.4) is 0 Å². The van der Waals surface area contributed by atoms with Crippen LogP contribution in [0.25, 0.3) is 11.0 Å². The van der Waals surface area contributed by atoms with Crippen LogP contribution in [0.4, 0.5) is 0 Å². The molecule has 3 rings (SSSR count). The van der Waals surface area contributed by atoms with Crippen molar-refractivity contribution >= 4 is 22.8 Å². The molecule has 1 unspecified atom stereocenters. The molecule has 6 heteroatoms. The van der Waals surface area contributed by atoms with Gasteiger partial charge in [-0.2, -0.15) is 0 Å². The van der Waals surface area contributed by atoms with Crippen molar-refractivity contribution in [2.24, 2.45) is 11.8 Å². The van der Waals surface area contributed by atoms with Crippen LogP contribution in [0.15, 0.2) is 24.3 Å². The lowest BCUT2D eigenvalue weighted by Gasteiger charge is -2.32. The van der Waals surface area contributed by atoms with Gasteiger partial charge >= 0.3 is 0 Å². The predicted molar refractivity (Wildman–Crippen MR) is 101 cm³/mol. The minimum absolute atomic E-state index is 0.0440. The summed E-state index contributed by atoms with van der Waals surface area (Å²) in [5.41, 5.74) is 1.58. The molecule has 2 N–H and O–H groups in total. The second-order valence-corrected chi connectivity index (χ2v) is 8.45. The molecule has 2 atom stereocenters. The summed E-state index contributed by atoms with van der Waals surface area (Å²) in [5, 5.41) is 3.12. The SMILES string of the molecule is CC(C)[C@H](NC(=O)C1CC(=O)N(C(C)(C)C)C1)c1nc2ccccc2[nH]1. The zero-order chi connectivity index (χ0) is 19.1. The van der Waals surface area contributed by atoms with Gasteiger partial charge in [0.2, 0.25) is 11.8 Å². The number of imidazole rings is 1. The topological polar surface area (TPSA) is 78.1 Å². The number of likely N-dealkylation sites (tertiary alicyclic amines) is 1. The van der Waals surface area contributed by atoms with Crippen LogP contribution in [-0.2, 0) is 9.59 Å². The van der Waals surface area contributed by atoms with E-state index in [4.69, 9.17) is 0 Å². The summed E-state index contributed by atoms with van der Waals surface area (Å²) in [4.78, 5) is 34.8. The van der Waals surface area contributed by atoms with Crippen LogP contribution in [0.2, 0.25) is 0 Å². The molecular formula is C20H28N4O2. The van der Waals surface area contributed by atoms with E-state index >= 15 is 0 Å². The van der Waals surface area contributed by atoms with Crippen molar-refractivity contribution in [2.75, 3.05) is 6.54 Å². The van der Waals surface area contributed by atoms with Crippen molar-refractivity contribution in [3.63, 3.8) is 0 Å². The molecule has 1 aromatic carbocycles. The van der Waals surface area contributed by atoms with E-state index in [-0.39, 0.29) is 41.7 Å². The summed E-state index contributed by atoms with van der Waals surface area (Å²) in [6, 6.07) is 7.61. The maximum atomic E-state index is 12.8. The van der Waals surface area contributed by atoms with E-state index in [1.165, 1.54) is 0 Å². The van der Waals surface area contributed by atoms with Gasteiger partial charge in [-0.15, -0.1) is 0 Å². The van der Waals surface area contributed by atoms with Crippen LogP contribution in [0.5, 0.6) is 0 Å². The number of carbonyl (C=O) groups is 2. The zero-order valence-electron chi connectivity index (χ0n) is 16.2. The summed E-state index contributed by atoms with van der Waals surface area (Å²) < 4.78 is 0. The lowest BCUT2D eigenvalue weighted by molar-refractivity contribution is -0.132. The lowest BCUT2D eigenvalue weighted by Crippen LogP contribution is -2.43. The number of hydrogen-bond acceptors (Lipinski definition) is 3. The maximum absolute atomic E-state index is 12.8.